The Morgan fingerprint density at radius 1 is 1.38 bits per heavy atom. The first-order valence-corrected chi connectivity index (χ1v) is 4.74. The molecular formula is C9H19NO3. The molecule has 4 heteroatoms. The van der Waals surface area contributed by atoms with Crippen molar-refractivity contribution in [2.24, 2.45) is 0 Å². The van der Waals surface area contributed by atoms with E-state index in [4.69, 9.17) is 14.6 Å². The molecule has 13 heavy (non-hydrogen) atoms. The van der Waals surface area contributed by atoms with Gasteiger partial charge in [-0.2, -0.15) is 0 Å². The summed E-state index contributed by atoms with van der Waals surface area (Å²) in [6.07, 6.45) is 0. The summed E-state index contributed by atoms with van der Waals surface area (Å²) in [7, 11) is 0. The lowest BCUT2D eigenvalue weighted by atomic mass is 10.2. The molecule has 78 valence electrons. The van der Waals surface area contributed by atoms with Crippen LogP contribution in [0, 0.1) is 0 Å². The summed E-state index contributed by atoms with van der Waals surface area (Å²) in [5.41, 5.74) is -0.285. The Labute approximate surface area is 79.4 Å². The average Bonchev–Trinajstić information content (AvgIpc) is 2.16. The van der Waals surface area contributed by atoms with Gasteiger partial charge in [0.1, 0.15) is 5.72 Å². The van der Waals surface area contributed by atoms with Crippen LogP contribution in [0.5, 0.6) is 0 Å². The van der Waals surface area contributed by atoms with Crippen LogP contribution in [-0.2, 0) is 9.47 Å². The first-order chi connectivity index (χ1) is 6.17. The van der Waals surface area contributed by atoms with Crippen molar-refractivity contribution in [2.45, 2.75) is 19.6 Å². The molecule has 1 aliphatic heterocycles. The Hall–Kier alpha value is -0.160. The molecule has 0 amide bonds. The van der Waals surface area contributed by atoms with Gasteiger partial charge in [-0.25, -0.2) is 0 Å². The fraction of sp³-hybridized carbons (Fsp3) is 1.00. The van der Waals surface area contributed by atoms with E-state index in [0.717, 1.165) is 26.3 Å². The first kappa shape index (κ1) is 10.9. The number of nitrogens with zero attached hydrogens (tertiary/aromatic N) is 1. The van der Waals surface area contributed by atoms with Crippen molar-refractivity contribution in [2.75, 3.05) is 39.5 Å². The maximum atomic E-state index is 8.66. The summed E-state index contributed by atoms with van der Waals surface area (Å²) in [4.78, 5) is 2.23. The van der Waals surface area contributed by atoms with Gasteiger partial charge >= 0.3 is 0 Å². The van der Waals surface area contributed by atoms with Gasteiger partial charge < -0.3 is 14.6 Å². The van der Waals surface area contributed by atoms with Crippen molar-refractivity contribution in [3.05, 3.63) is 0 Å². The number of aliphatic hydroxyl groups excluding tert-OH is 1. The molecule has 1 fully saturated rings. The molecule has 0 atom stereocenters. The van der Waals surface area contributed by atoms with Crippen molar-refractivity contribution in [3.63, 3.8) is 0 Å². The smallest absolute Gasteiger partial charge is 0.116 e. The number of hydrogen-bond acceptors (Lipinski definition) is 4. The highest BCUT2D eigenvalue weighted by molar-refractivity contribution is 4.74. The number of hydrogen-bond donors (Lipinski definition) is 1. The normalized spacial score (nSPS) is 20.5. The second kappa shape index (κ2) is 4.91. The molecule has 4 nitrogen and oxygen atoms in total. The van der Waals surface area contributed by atoms with E-state index < -0.39 is 0 Å². The van der Waals surface area contributed by atoms with Crippen LogP contribution in [0.15, 0.2) is 0 Å². The summed E-state index contributed by atoms with van der Waals surface area (Å²) in [6, 6.07) is 0. The molecule has 0 unspecified atom stereocenters. The summed E-state index contributed by atoms with van der Waals surface area (Å²) in [5, 5.41) is 8.66. The van der Waals surface area contributed by atoms with Gasteiger partial charge in [-0.15, -0.1) is 0 Å². The number of ether oxygens (including phenoxy) is 2. The van der Waals surface area contributed by atoms with Gasteiger partial charge in [0.25, 0.3) is 0 Å². The molecule has 1 N–H and O–H groups in total. The lowest BCUT2D eigenvalue weighted by Crippen LogP contribution is -2.51. The Bertz CT molecular complexity index is 144. The summed E-state index contributed by atoms with van der Waals surface area (Å²) in [6.45, 7) is 7.86. The van der Waals surface area contributed by atoms with Crippen LogP contribution < -0.4 is 0 Å². The minimum Gasteiger partial charge on any atom is -0.394 e. The zero-order chi connectivity index (χ0) is 9.73. The van der Waals surface area contributed by atoms with Crippen molar-refractivity contribution in [1.29, 1.82) is 0 Å². The minimum atomic E-state index is -0.285. The molecular weight excluding hydrogens is 170 g/mol. The largest absolute Gasteiger partial charge is 0.394 e. The third kappa shape index (κ3) is 3.23. The van der Waals surface area contributed by atoms with Gasteiger partial charge in [0.2, 0.25) is 0 Å². The monoisotopic (exact) mass is 189 g/mol. The van der Waals surface area contributed by atoms with Gasteiger partial charge in [-0.05, 0) is 13.8 Å². The van der Waals surface area contributed by atoms with E-state index in [-0.39, 0.29) is 12.3 Å². The Morgan fingerprint density at radius 3 is 2.54 bits per heavy atom. The molecule has 0 spiro atoms. The van der Waals surface area contributed by atoms with E-state index in [1.54, 1.807) is 0 Å². The molecule has 1 rings (SSSR count). The topological polar surface area (TPSA) is 41.9 Å². The molecule has 0 bridgehead atoms. The molecule has 1 saturated heterocycles. The van der Waals surface area contributed by atoms with Crippen LogP contribution in [0.2, 0.25) is 0 Å². The molecule has 0 saturated carbocycles. The van der Waals surface area contributed by atoms with Crippen molar-refractivity contribution in [3.8, 4) is 0 Å². The molecule has 1 heterocycles. The van der Waals surface area contributed by atoms with E-state index in [1.807, 2.05) is 13.8 Å². The fourth-order valence-corrected chi connectivity index (χ4v) is 1.49. The molecule has 0 radical (unpaired) electrons. The van der Waals surface area contributed by atoms with E-state index in [1.165, 1.54) is 0 Å². The van der Waals surface area contributed by atoms with Crippen molar-refractivity contribution >= 4 is 0 Å². The highest BCUT2D eigenvalue weighted by Gasteiger charge is 2.28. The third-order valence-corrected chi connectivity index (χ3v) is 2.32. The predicted octanol–water partition coefficient (Wildman–Crippen LogP) is 0.0636. The molecule has 0 aromatic carbocycles. The summed E-state index contributed by atoms with van der Waals surface area (Å²) in [5.74, 6) is 0. The maximum Gasteiger partial charge on any atom is 0.116 e. The van der Waals surface area contributed by atoms with Crippen LogP contribution >= 0.6 is 0 Å². The van der Waals surface area contributed by atoms with E-state index >= 15 is 0 Å². The minimum absolute atomic E-state index is 0.0772. The van der Waals surface area contributed by atoms with E-state index in [2.05, 4.69) is 4.90 Å². The lowest BCUT2D eigenvalue weighted by molar-refractivity contribution is -0.160. The van der Waals surface area contributed by atoms with E-state index in [9.17, 15) is 0 Å². The highest BCUT2D eigenvalue weighted by atomic mass is 16.5. The molecule has 0 aromatic rings. The SMILES string of the molecule is CC(C)(OCCO)N1CCOCC1. The first-order valence-electron chi connectivity index (χ1n) is 4.74. The standard InChI is InChI=1S/C9H19NO3/c1-9(2,13-8-5-11)10-3-6-12-7-4-10/h11H,3-8H2,1-2H3. The lowest BCUT2D eigenvalue weighted by Gasteiger charge is -2.40. The number of morpholine rings is 1. The Balaban J connectivity index is 2.36. The van der Waals surface area contributed by atoms with Crippen LogP contribution in [0.25, 0.3) is 0 Å². The Morgan fingerprint density at radius 2 is 2.00 bits per heavy atom. The van der Waals surface area contributed by atoms with Gasteiger partial charge in [0.15, 0.2) is 0 Å². The van der Waals surface area contributed by atoms with Crippen molar-refractivity contribution in [1.82, 2.24) is 4.90 Å². The fourth-order valence-electron chi connectivity index (χ4n) is 1.49. The second-order valence-electron chi connectivity index (χ2n) is 3.62. The number of rotatable bonds is 4. The van der Waals surface area contributed by atoms with Crippen LogP contribution in [0.3, 0.4) is 0 Å². The van der Waals surface area contributed by atoms with Crippen molar-refractivity contribution < 1.29 is 14.6 Å². The molecule has 1 aliphatic rings. The van der Waals surface area contributed by atoms with E-state index in [0.29, 0.717) is 6.61 Å². The molecule has 0 aliphatic carbocycles. The average molecular weight is 189 g/mol. The van der Waals surface area contributed by atoms with Gasteiger partial charge in [0, 0.05) is 13.1 Å². The zero-order valence-corrected chi connectivity index (χ0v) is 8.45. The van der Waals surface area contributed by atoms with Crippen LogP contribution in [-0.4, -0.2) is 55.2 Å². The Kier molecular flexibility index (Phi) is 4.12. The third-order valence-electron chi connectivity index (χ3n) is 2.32. The maximum absolute atomic E-state index is 8.66. The summed E-state index contributed by atoms with van der Waals surface area (Å²) < 4.78 is 10.8. The van der Waals surface area contributed by atoms with Gasteiger partial charge in [0.05, 0.1) is 26.4 Å². The second-order valence-corrected chi connectivity index (χ2v) is 3.62. The van der Waals surface area contributed by atoms with Crippen LogP contribution in [0.4, 0.5) is 0 Å². The zero-order valence-electron chi connectivity index (χ0n) is 8.45. The summed E-state index contributed by atoms with van der Waals surface area (Å²) >= 11 is 0. The molecule has 0 aromatic heterocycles. The highest BCUT2D eigenvalue weighted by Crippen LogP contribution is 2.17. The van der Waals surface area contributed by atoms with Gasteiger partial charge in [-0.1, -0.05) is 0 Å². The quantitative estimate of drug-likeness (QED) is 0.679. The van der Waals surface area contributed by atoms with Gasteiger partial charge in [-0.3, -0.25) is 4.90 Å². The van der Waals surface area contributed by atoms with Crippen LogP contribution in [0.1, 0.15) is 13.8 Å². The predicted molar refractivity (Wildman–Crippen MR) is 49.5 cm³/mol. The number of aliphatic hydroxyl groups is 1.